The van der Waals surface area contributed by atoms with Gasteiger partial charge in [-0.15, -0.1) is 0 Å². The first-order valence-electron chi connectivity index (χ1n) is 35.3. The molecule has 2 atom stereocenters. The second-order valence-electron chi connectivity index (χ2n) is 24.2. The molecule has 6 nitrogen and oxygen atoms in total. The standard InChI is InChI=1S/C72H137NO5/c1-3-5-7-9-11-13-15-16-17-18-19-20-21-26-29-32-35-38-41-45-48-52-56-60-64-70(75)69(68-74)73-71(76)65-61-57-53-49-46-42-39-36-33-30-27-24-22-23-25-28-31-34-37-40-43-47-51-55-59-63-67-78-72(77)66-62-58-54-50-44-14-12-10-8-6-4-2/h10,12,22,24,60,64,69-70,74-75H,3-9,11,13-21,23,25-59,61-63,65-68H2,1-2H3,(H,73,76)/b12-10-,24-22-,64-60+. The highest BCUT2D eigenvalue weighted by Crippen LogP contribution is 2.18. The third kappa shape index (κ3) is 63.3. The minimum Gasteiger partial charge on any atom is -0.466 e. The van der Waals surface area contributed by atoms with Crippen molar-refractivity contribution in [2.45, 2.75) is 398 Å². The molecule has 0 aromatic rings. The third-order valence-corrected chi connectivity index (χ3v) is 16.4. The predicted molar refractivity (Wildman–Crippen MR) is 343 cm³/mol. The van der Waals surface area contributed by atoms with E-state index in [1.165, 1.54) is 315 Å². The van der Waals surface area contributed by atoms with Crippen molar-refractivity contribution in [3.8, 4) is 0 Å². The van der Waals surface area contributed by atoms with Crippen LogP contribution in [0, 0.1) is 0 Å². The molecule has 0 rings (SSSR count). The van der Waals surface area contributed by atoms with Crippen LogP contribution in [-0.4, -0.2) is 47.4 Å². The lowest BCUT2D eigenvalue weighted by Gasteiger charge is -2.20. The number of carbonyl (C=O) groups excluding carboxylic acids is 2. The van der Waals surface area contributed by atoms with Crippen molar-refractivity contribution in [2.75, 3.05) is 13.2 Å². The predicted octanol–water partition coefficient (Wildman–Crippen LogP) is 22.7. The summed E-state index contributed by atoms with van der Waals surface area (Å²) in [7, 11) is 0. The van der Waals surface area contributed by atoms with Crippen LogP contribution in [0.2, 0.25) is 0 Å². The summed E-state index contributed by atoms with van der Waals surface area (Å²) < 4.78 is 5.46. The number of rotatable bonds is 66. The molecule has 0 heterocycles. The van der Waals surface area contributed by atoms with Gasteiger partial charge in [-0.2, -0.15) is 0 Å². The molecule has 0 bridgehead atoms. The summed E-state index contributed by atoms with van der Waals surface area (Å²) >= 11 is 0. The van der Waals surface area contributed by atoms with Crippen molar-refractivity contribution < 1.29 is 24.5 Å². The normalized spacial score (nSPS) is 12.7. The summed E-state index contributed by atoms with van der Waals surface area (Å²) in [5, 5.41) is 23.3. The molecule has 0 aromatic heterocycles. The van der Waals surface area contributed by atoms with Crippen LogP contribution in [0.5, 0.6) is 0 Å². The molecule has 0 spiro atoms. The molecule has 2 unspecified atom stereocenters. The van der Waals surface area contributed by atoms with E-state index in [1.54, 1.807) is 6.08 Å². The average Bonchev–Trinajstić information content (AvgIpc) is 3.44. The molecule has 0 saturated heterocycles. The molecular weight excluding hydrogens is 959 g/mol. The number of hydrogen-bond donors (Lipinski definition) is 3. The Morgan fingerprint density at radius 2 is 0.615 bits per heavy atom. The maximum atomic E-state index is 12.5. The van der Waals surface area contributed by atoms with E-state index in [2.05, 4.69) is 43.5 Å². The van der Waals surface area contributed by atoms with E-state index in [4.69, 9.17) is 4.74 Å². The summed E-state index contributed by atoms with van der Waals surface area (Å²) in [6.07, 6.45) is 86.5. The van der Waals surface area contributed by atoms with Crippen LogP contribution in [0.25, 0.3) is 0 Å². The van der Waals surface area contributed by atoms with Gasteiger partial charge in [0.2, 0.25) is 5.91 Å². The highest BCUT2D eigenvalue weighted by molar-refractivity contribution is 5.76. The highest BCUT2D eigenvalue weighted by Gasteiger charge is 2.18. The molecular formula is C72H137NO5. The van der Waals surface area contributed by atoms with Crippen LogP contribution in [0.1, 0.15) is 386 Å². The fourth-order valence-electron chi connectivity index (χ4n) is 11.0. The molecule has 0 aliphatic rings. The summed E-state index contributed by atoms with van der Waals surface area (Å²) in [5.74, 6) is -0.0628. The third-order valence-electron chi connectivity index (χ3n) is 16.4. The maximum Gasteiger partial charge on any atom is 0.305 e. The lowest BCUT2D eigenvalue weighted by Crippen LogP contribution is -2.45. The lowest BCUT2D eigenvalue weighted by atomic mass is 10.0. The van der Waals surface area contributed by atoms with Gasteiger partial charge < -0.3 is 20.3 Å². The van der Waals surface area contributed by atoms with Crippen LogP contribution in [0.4, 0.5) is 0 Å². The van der Waals surface area contributed by atoms with Gasteiger partial charge in [-0.05, 0) is 77.0 Å². The van der Waals surface area contributed by atoms with E-state index in [-0.39, 0.29) is 18.5 Å². The maximum absolute atomic E-state index is 12.5. The van der Waals surface area contributed by atoms with Gasteiger partial charge in [0, 0.05) is 12.8 Å². The number of hydrogen-bond acceptors (Lipinski definition) is 5. The SMILES string of the molecule is CCCC/C=C\CCCCCCCC(=O)OCCCCCCCCCCCCCC/C=C\CCCCCCCCCCCCC(=O)NC(CO)C(O)/C=C/CCCCCCCCCCCCCCCCCCCCCCCC. The molecule has 460 valence electrons. The van der Waals surface area contributed by atoms with Crippen molar-refractivity contribution >= 4 is 11.9 Å². The zero-order valence-electron chi connectivity index (χ0n) is 52.7. The average molecular weight is 1100 g/mol. The zero-order chi connectivity index (χ0) is 56.4. The van der Waals surface area contributed by atoms with Crippen molar-refractivity contribution in [3.63, 3.8) is 0 Å². The smallest absolute Gasteiger partial charge is 0.305 e. The first-order valence-corrected chi connectivity index (χ1v) is 35.3. The summed E-state index contributed by atoms with van der Waals surface area (Å²) in [4.78, 5) is 24.5. The number of unbranched alkanes of at least 4 members (excludes halogenated alkanes) is 51. The van der Waals surface area contributed by atoms with Crippen molar-refractivity contribution in [2.24, 2.45) is 0 Å². The Hall–Kier alpha value is -1.92. The van der Waals surface area contributed by atoms with Gasteiger partial charge in [-0.25, -0.2) is 0 Å². The fraction of sp³-hybridized carbons (Fsp3) is 0.889. The topological polar surface area (TPSA) is 95.9 Å². The number of ether oxygens (including phenoxy) is 1. The molecule has 78 heavy (non-hydrogen) atoms. The minimum absolute atomic E-state index is 0.00315. The summed E-state index contributed by atoms with van der Waals surface area (Å²) in [6, 6.07) is -0.631. The highest BCUT2D eigenvalue weighted by atomic mass is 16.5. The van der Waals surface area contributed by atoms with Crippen molar-refractivity contribution in [1.82, 2.24) is 5.32 Å². The first-order chi connectivity index (χ1) is 38.5. The van der Waals surface area contributed by atoms with Gasteiger partial charge in [0.05, 0.1) is 25.4 Å². The molecule has 0 radical (unpaired) electrons. The Bertz CT molecular complexity index is 1260. The molecule has 6 heteroatoms. The molecule has 0 saturated carbocycles. The summed E-state index contributed by atoms with van der Waals surface area (Å²) in [5.41, 5.74) is 0. The van der Waals surface area contributed by atoms with Gasteiger partial charge in [-0.3, -0.25) is 9.59 Å². The molecule has 0 aliphatic heterocycles. The molecule has 0 aliphatic carbocycles. The Morgan fingerprint density at radius 3 is 0.949 bits per heavy atom. The van der Waals surface area contributed by atoms with Crippen LogP contribution >= 0.6 is 0 Å². The number of allylic oxidation sites excluding steroid dienone is 5. The Balaban J connectivity index is 3.43. The minimum atomic E-state index is -0.847. The van der Waals surface area contributed by atoms with Crippen LogP contribution in [0.15, 0.2) is 36.5 Å². The summed E-state index contributed by atoms with van der Waals surface area (Å²) in [6.45, 7) is 4.90. The van der Waals surface area contributed by atoms with Gasteiger partial charge in [0.25, 0.3) is 0 Å². The van der Waals surface area contributed by atoms with E-state index >= 15 is 0 Å². The van der Waals surface area contributed by atoms with Crippen LogP contribution < -0.4 is 5.32 Å². The van der Waals surface area contributed by atoms with E-state index < -0.39 is 12.1 Å². The van der Waals surface area contributed by atoms with E-state index in [1.807, 2.05) is 6.08 Å². The quantitative estimate of drug-likeness (QED) is 0.0320. The Morgan fingerprint density at radius 1 is 0.346 bits per heavy atom. The monoisotopic (exact) mass is 1100 g/mol. The first kappa shape index (κ1) is 76.1. The second kappa shape index (κ2) is 67.6. The molecule has 3 N–H and O–H groups in total. The molecule has 0 aromatic carbocycles. The van der Waals surface area contributed by atoms with Crippen LogP contribution in [0.3, 0.4) is 0 Å². The fourth-order valence-corrected chi connectivity index (χ4v) is 11.0. The van der Waals surface area contributed by atoms with Crippen molar-refractivity contribution in [3.05, 3.63) is 36.5 Å². The lowest BCUT2D eigenvalue weighted by molar-refractivity contribution is -0.143. The number of aliphatic hydroxyl groups is 2. The number of nitrogens with one attached hydrogen (secondary N) is 1. The number of aliphatic hydroxyl groups excluding tert-OH is 2. The van der Waals surface area contributed by atoms with Gasteiger partial charge >= 0.3 is 5.97 Å². The van der Waals surface area contributed by atoms with Gasteiger partial charge in [-0.1, -0.05) is 333 Å². The number of carbonyl (C=O) groups is 2. The van der Waals surface area contributed by atoms with Gasteiger partial charge in [0.1, 0.15) is 0 Å². The van der Waals surface area contributed by atoms with Crippen LogP contribution in [-0.2, 0) is 14.3 Å². The van der Waals surface area contributed by atoms with E-state index in [0.717, 1.165) is 44.9 Å². The Labute approximate surface area is 487 Å². The second-order valence-corrected chi connectivity index (χ2v) is 24.2. The molecule has 1 amide bonds. The largest absolute Gasteiger partial charge is 0.466 e. The number of amides is 1. The zero-order valence-corrected chi connectivity index (χ0v) is 52.7. The molecule has 0 fully saturated rings. The van der Waals surface area contributed by atoms with E-state index in [0.29, 0.717) is 19.4 Å². The van der Waals surface area contributed by atoms with Gasteiger partial charge in [0.15, 0.2) is 0 Å². The number of esters is 1. The van der Waals surface area contributed by atoms with E-state index in [9.17, 15) is 19.8 Å². The van der Waals surface area contributed by atoms with Crippen molar-refractivity contribution in [1.29, 1.82) is 0 Å². The Kier molecular flexibility index (Phi) is 65.9.